The van der Waals surface area contributed by atoms with Crippen molar-refractivity contribution in [2.45, 2.75) is 46.0 Å². The minimum atomic E-state index is -0.860. The second-order valence-electron chi connectivity index (χ2n) is 7.51. The zero-order valence-electron chi connectivity index (χ0n) is 18.0. The van der Waals surface area contributed by atoms with Crippen LogP contribution in [0.1, 0.15) is 51.5 Å². The minimum Gasteiger partial charge on any atom is -0.463 e. The number of ether oxygens (including phenoxy) is 2. The van der Waals surface area contributed by atoms with E-state index in [0.29, 0.717) is 34.5 Å². The van der Waals surface area contributed by atoms with Crippen molar-refractivity contribution >= 4 is 23.5 Å². The first-order valence-corrected chi connectivity index (χ1v) is 10.9. The van der Waals surface area contributed by atoms with Gasteiger partial charge in [0.2, 0.25) is 0 Å². The summed E-state index contributed by atoms with van der Waals surface area (Å²) >= 11 is 6.43. The molecule has 3 rings (SSSR count). The average molecular weight is 448 g/mol. The first kappa shape index (κ1) is 23.1. The van der Waals surface area contributed by atoms with Gasteiger partial charge in [-0.3, -0.25) is 0 Å². The lowest BCUT2D eigenvalue weighted by Crippen LogP contribution is -2.35. The number of hydrogen-bond donors (Lipinski definition) is 1. The lowest BCUT2D eigenvalue weighted by Gasteiger charge is -2.33. The predicted octanol–water partition coefficient (Wildman–Crippen LogP) is 5.18. The molecule has 0 radical (unpaired) electrons. The molecule has 1 saturated carbocycles. The second kappa shape index (κ2) is 9.69. The molecule has 0 bridgehead atoms. The van der Waals surface area contributed by atoms with Crippen molar-refractivity contribution in [1.82, 2.24) is 5.32 Å². The molecule has 166 valence electrons. The number of carbonyl (C=O) groups excluding carboxylic acids is 2. The third kappa shape index (κ3) is 4.69. The molecule has 7 heteroatoms. The van der Waals surface area contributed by atoms with Gasteiger partial charge in [-0.2, -0.15) is 0 Å². The highest BCUT2D eigenvalue weighted by atomic mass is 35.5. The molecule has 1 atom stereocenters. The zero-order valence-corrected chi connectivity index (χ0v) is 18.8. The van der Waals surface area contributed by atoms with Crippen LogP contribution in [-0.4, -0.2) is 25.2 Å². The summed E-state index contributed by atoms with van der Waals surface area (Å²) < 4.78 is 24.5. The van der Waals surface area contributed by atoms with Crippen molar-refractivity contribution in [3.8, 4) is 0 Å². The quantitative estimate of drug-likeness (QED) is 0.556. The molecule has 5 nitrogen and oxygen atoms in total. The summed E-state index contributed by atoms with van der Waals surface area (Å²) in [4.78, 5) is 26.3. The fourth-order valence-electron chi connectivity index (χ4n) is 3.78. The van der Waals surface area contributed by atoms with Crippen LogP contribution in [0.15, 0.2) is 52.9 Å². The Hall–Kier alpha value is -2.60. The fraction of sp³-hybridized carbons (Fsp3) is 0.417. The molecule has 1 aliphatic heterocycles. The Morgan fingerprint density at radius 3 is 2.26 bits per heavy atom. The topological polar surface area (TPSA) is 64.6 Å². The maximum Gasteiger partial charge on any atom is 0.337 e. The van der Waals surface area contributed by atoms with Gasteiger partial charge in [-0.05, 0) is 62.3 Å². The van der Waals surface area contributed by atoms with E-state index in [1.807, 2.05) is 6.92 Å². The number of rotatable bonds is 8. The third-order valence-electron chi connectivity index (χ3n) is 5.43. The standard InChI is InChI=1S/C24H27ClFNO4/c1-5-13(4)21-19(23(28)30-6-2)18(16-11-10-15(26)12-17(16)25)20(24(29)31-7-3)22(27-21)14-8-9-14/h10-12,14,18,27H,4-9H2,1-3H3. The largest absolute Gasteiger partial charge is 0.463 e. The Kier molecular flexibility index (Phi) is 7.21. The lowest BCUT2D eigenvalue weighted by molar-refractivity contribution is -0.139. The molecule has 31 heavy (non-hydrogen) atoms. The van der Waals surface area contributed by atoms with Crippen molar-refractivity contribution in [2.75, 3.05) is 13.2 Å². The highest BCUT2D eigenvalue weighted by molar-refractivity contribution is 6.31. The summed E-state index contributed by atoms with van der Waals surface area (Å²) in [5.74, 6) is -2.34. The van der Waals surface area contributed by atoms with Crippen molar-refractivity contribution in [1.29, 1.82) is 0 Å². The van der Waals surface area contributed by atoms with Gasteiger partial charge < -0.3 is 14.8 Å². The molecule has 1 heterocycles. The van der Waals surface area contributed by atoms with Crippen LogP contribution in [0.25, 0.3) is 0 Å². The number of benzene rings is 1. The molecule has 1 N–H and O–H groups in total. The molecule has 0 saturated heterocycles. The van der Waals surface area contributed by atoms with Crippen LogP contribution < -0.4 is 5.32 Å². The molecule has 2 aliphatic rings. The minimum absolute atomic E-state index is 0.118. The van der Waals surface area contributed by atoms with E-state index in [1.54, 1.807) is 13.8 Å². The number of halogens is 2. The van der Waals surface area contributed by atoms with Crippen LogP contribution in [-0.2, 0) is 19.1 Å². The third-order valence-corrected chi connectivity index (χ3v) is 5.75. The van der Waals surface area contributed by atoms with Crippen molar-refractivity contribution in [3.05, 3.63) is 69.3 Å². The van der Waals surface area contributed by atoms with E-state index >= 15 is 0 Å². The van der Waals surface area contributed by atoms with Gasteiger partial charge in [0.15, 0.2) is 0 Å². The Morgan fingerprint density at radius 1 is 1.13 bits per heavy atom. The van der Waals surface area contributed by atoms with Crippen LogP contribution in [0.3, 0.4) is 0 Å². The summed E-state index contributed by atoms with van der Waals surface area (Å²) in [5, 5.41) is 3.43. The van der Waals surface area contributed by atoms with Crippen LogP contribution in [0.4, 0.5) is 4.39 Å². The summed E-state index contributed by atoms with van der Waals surface area (Å²) in [7, 11) is 0. The number of hydrogen-bond acceptors (Lipinski definition) is 5. The Bertz CT molecular complexity index is 978. The maximum atomic E-state index is 13.8. The Morgan fingerprint density at radius 2 is 1.74 bits per heavy atom. The molecule has 1 aliphatic carbocycles. The van der Waals surface area contributed by atoms with E-state index in [-0.39, 0.29) is 29.7 Å². The second-order valence-corrected chi connectivity index (χ2v) is 7.92. The fourth-order valence-corrected chi connectivity index (χ4v) is 4.05. The predicted molar refractivity (Wildman–Crippen MR) is 117 cm³/mol. The number of dihydropyridines is 1. The van der Waals surface area contributed by atoms with E-state index in [9.17, 15) is 14.0 Å². The summed E-state index contributed by atoms with van der Waals surface area (Å²) in [5.41, 5.74) is 2.92. The van der Waals surface area contributed by atoms with Crippen molar-refractivity contribution in [2.24, 2.45) is 5.92 Å². The monoisotopic (exact) mass is 447 g/mol. The first-order valence-electron chi connectivity index (χ1n) is 10.6. The van der Waals surface area contributed by atoms with E-state index < -0.39 is 23.7 Å². The first-order chi connectivity index (χ1) is 14.8. The van der Waals surface area contributed by atoms with E-state index in [1.165, 1.54) is 18.2 Å². The van der Waals surface area contributed by atoms with Gasteiger partial charge >= 0.3 is 11.9 Å². The Balaban J connectivity index is 2.32. The van der Waals surface area contributed by atoms with Crippen LogP contribution in [0.5, 0.6) is 0 Å². The van der Waals surface area contributed by atoms with Gasteiger partial charge in [0.25, 0.3) is 0 Å². The smallest absolute Gasteiger partial charge is 0.337 e. The van der Waals surface area contributed by atoms with E-state index in [0.717, 1.165) is 12.8 Å². The molecule has 1 aromatic rings. The van der Waals surface area contributed by atoms with E-state index in [4.69, 9.17) is 21.1 Å². The van der Waals surface area contributed by atoms with Gasteiger partial charge in [0, 0.05) is 10.7 Å². The van der Waals surface area contributed by atoms with Crippen LogP contribution in [0, 0.1) is 11.7 Å². The lowest BCUT2D eigenvalue weighted by atomic mass is 9.78. The summed E-state index contributed by atoms with van der Waals surface area (Å²) in [6, 6.07) is 3.94. The van der Waals surface area contributed by atoms with Gasteiger partial charge in [0.05, 0.1) is 36.0 Å². The van der Waals surface area contributed by atoms with Gasteiger partial charge in [0.1, 0.15) is 5.82 Å². The zero-order chi connectivity index (χ0) is 22.7. The number of allylic oxidation sites excluding steroid dienone is 2. The van der Waals surface area contributed by atoms with Gasteiger partial charge in [-0.15, -0.1) is 0 Å². The maximum absolute atomic E-state index is 13.8. The molecule has 1 unspecified atom stereocenters. The number of nitrogens with one attached hydrogen (secondary N) is 1. The molecule has 1 aromatic carbocycles. The van der Waals surface area contributed by atoms with E-state index in [2.05, 4.69) is 11.9 Å². The normalized spacial score (nSPS) is 18.5. The Labute approximate surface area is 186 Å². The number of esters is 2. The van der Waals surface area contributed by atoms with Crippen molar-refractivity contribution < 1.29 is 23.5 Å². The van der Waals surface area contributed by atoms with Crippen LogP contribution in [0.2, 0.25) is 5.02 Å². The average Bonchev–Trinajstić information content (AvgIpc) is 3.57. The molecular weight excluding hydrogens is 421 g/mol. The summed E-state index contributed by atoms with van der Waals surface area (Å²) in [6.07, 6.45) is 2.41. The molecule has 0 aromatic heterocycles. The molecular formula is C24H27ClFNO4. The number of carbonyl (C=O) groups is 2. The highest BCUT2D eigenvalue weighted by Gasteiger charge is 2.44. The molecule has 0 spiro atoms. The van der Waals surface area contributed by atoms with Gasteiger partial charge in [-0.25, -0.2) is 14.0 Å². The summed E-state index contributed by atoms with van der Waals surface area (Å²) in [6.45, 7) is 9.81. The van der Waals surface area contributed by atoms with Gasteiger partial charge in [-0.1, -0.05) is 31.2 Å². The molecule has 1 fully saturated rings. The SMILES string of the molecule is C=C(CC)C1=C(C(=O)OCC)C(c2ccc(F)cc2Cl)C(C(=O)OCC)=C(C2CC2)N1. The highest BCUT2D eigenvalue weighted by Crippen LogP contribution is 2.48. The van der Waals surface area contributed by atoms with Crippen molar-refractivity contribution in [3.63, 3.8) is 0 Å². The molecule has 0 amide bonds. The van der Waals surface area contributed by atoms with Crippen LogP contribution >= 0.6 is 11.6 Å².